The molecule has 0 aliphatic rings. The van der Waals surface area contributed by atoms with Gasteiger partial charge in [0.2, 0.25) is 0 Å². The molecule has 0 saturated heterocycles. The summed E-state index contributed by atoms with van der Waals surface area (Å²) in [6.45, 7) is 3.82. The molecule has 4 heteroatoms. The van der Waals surface area contributed by atoms with Gasteiger partial charge in [-0.05, 0) is 41.9 Å². The van der Waals surface area contributed by atoms with Gasteiger partial charge in [-0.1, -0.05) is 0 Å². The van der Waals surface area contributed by atoms with E-state index in [1.54, 1.807) is 12.1 Å². The molecule has 0 fully saturated rings. The monoisotopic (exact) mass is 252 g/mol. The highest BCUT2D eigenvalue weighted by atomic mass is 79.9. The summed E-state index contributed by atoms with van der Waals surface area (Å²) in [5.74, 6) is 0.190. The minimum absolute atomic E-state index is 0.190. The number of hydrogen-bond acceptors (Lipinski definition) is 3. The van der Waals surface area contributed by atoms with Crippen molar-refractivity contribution in [3.05, 3.63) is 28.0 Å². The number of aromatic hydroxyl groups is 1. The molecule has 1 aromatic heterocycles. The van der Waals surface area contributed by atoms with Crippen LogP contribution in [0.25, 0.3) is 11.0 Å². The lowest BCUT2D eigenvalue weighted by molar-refractivity contribution is 0.472. The first-order valence-corrected chi connectivity index (χ1v) is 5.01. The van der Waals surface area contributed by atoms with E-state index < -0.39 is 0 Å². The van der Waals surface area contributed by atoms with Crippen LogP contribution in [-0.4, -0.2) is 15.1 Å². The summed E-state index contributed by atoms with van der Waals surface area (Å²) >= 11 is 3.29. The van der Waals surface area contributed by atoms with E-state index in [1.165, 1.54) is 0 Å². The number of benzene rings is 1. The number of aryl methyl sites for hydroxylation is 2. The molecular formula is C10H9BrN2O. The normalized spacial score (nSPS) is 10.8. The van der Waals surface area contributed by atoms with Gasteiger partial charge in [-0.25, -0.2) is 9.97 Å². The molecule has 2 rings (SSSR count). The molecule has 0 aliphatic heterocycles. The predicted octanol–water partition coefficient (Wildman–Crippen LogP) is 2.71. The molecule has 0 saturated carbocycles. The number of rotatable bonds is 0. The van der Waals surface area contributed by atoms with Crippen molar-refractivity contribution in [1.82, 2.24) is 9.97 Å². The highest BCUT2D eigenvalue weighted by molar-refractivity contribution is 9.10. The van der Waals surface area contributed by atoms with Crippen LogP contribution in [0.1, 0.15) is 11.4 Å². The molecule has 0 radical (unpaired) electrons. The SMILES string of the molecule is Cc1nc2ccc(O)c(Br)c2nc1C. The summed E-state index contributed by atoms with van der Waals surface area (Å²) in [4.78, 5) is 8.74. The Balaban J connectivity index is 2.89. The summed E-state index contributed by atoms with van der Waals surface area (Å²) in [7, 11) is 0. The maximum Gasteiger partial charge on any atom is 0.132 e. The number of phenols is 1. The average molecular weight is 253 g/mol. The van der Waals surface area contributed by atoms with Crippen LogP contribution >= 0.6 is 15.9 Å². The van der Waals surface area contributed by atoms with Crippen molar-refractivity contribution in [1.29, 1.82) is 0 Å². The quantitative estimate of drug-likeness (QED) is 0.785. The predicted molar refractivity (Wildman–Crippen MR) is 58.4 cm³/mol. The third-order valence-electron chi connectivity index (χ3n) is 2.17. The summed E-state index contributed by atoms with van der Waals surface area (Å²) in [5.41, 5.74) is 3.28. The second-order valence-electron chi connectivity index (χ2n) is 3.16. The van der Waals surface area contributed by atoms with Gasteiger partial charge in [-0.3, -0.25) is 0 Å². The van der Waals surface area contributed by atoms with Crippen molar-refractivity contribution >= 4 is 27.0 Å². The van der Waals surface area contributed by atoms with Gasteiger partial charge in [0, 0.05) is 0 Å². The van der Waals surface area contributed by atoms with Crippen molar-refractivity contribution in [2.75, 3.05) is 0 Å². The maximum absolute atomic E-state index is 9.46. The first-order valence-electron chi connectivity index (χ1n) is 4.22. The Morgan fingerprint density at radius 1 is 1.14 bits per heavy atom. The molecule has 1 aromatic carbocycles. The van der Waals surface area contributed by atoms with Crippen LogP contribution in [0.5, 0.6) is 5.75 Å². The fourth-order valence-electron chi connectivity index (χ4n) is 1.25. The first kappa shape index (κ1) is 9.40. The van der Waals surface area contributed by atoms with Crippen molar-refractivity contribution in [2.24, 2.45) is 0 Å². The topological polar surface area (TPSA) is 46.0 Å². The Bertz CT molecular complexity index is 511. The molecule has 0 amide bonds. The number of fused-ring (bicyclic) bond motifs is 1. The minimum atomic E-state index is 0.190. The van der Waals surface area contributed by atoms with Crippen LogP contribution in [0.2, 0.25) is 0 Å². The lowest BCUT2D eigenvalue weighted by Gasteiger charge is -2.04. The molecule has 0 atom stereocenters. The Labute approximate surface area is 89.9 Å². The van der Waals surface area contributed by atoms with Crippen LogP contribution in [0.4, 0.5) is 0 Å². The van der Waals surface area contributed by atoms with Gasteiger partial charge in [0.15, 0.2) is 0 Å². The van der Waals surface area contributed by atoms with E-state index in [0.29, 0.717) is 9.99 Å². The minimum Gasteiger partial charge on any atom is -0.507 e. The van der Waals surface area contributed by atoms with Gasteiger partial charge in [0.05, 0.1) is 21.4 Å². The van der Waals surface area contributed by atoms with E-state index in [1.807, 2.05) is 13.8 Å². The van der Waals surface area contributed by atoms with Gasteiger partial charge in [0.25, 0.3) is 0 Å². The molecule has 0 aliphatic carbocycles. The second kappa shape index (κ2) is 3.20. The Morgan fingerprint density at radius 2 is 1.79 bits per heavy atom. The number of halogens is 1. The van der Waals surface area contributed by atoms with Gasteiger partial charge in [-0.2, -0.15) is 0 Å². The largest absolute Gasteiger partial charge is 0.507 e. The molecule has 0 spiro atoms. The highest BCUT2D eigenvalue weighted by Crippen LogP contribution is 2.30. The maximum atomic E-state index is 9.46. The van der Waals surface area contributed by atoms with Crippen LogP contribution < -0.4 is 0 Å². The zero-order valence-corrected chi connectivity index (χ0v) is 9.46. The van der Waals surface area contributed by atoms with E-state index in [2.05, 4.69) is 25.9 Å². The Kier molecular flexibility index (Phi) is 2.15. The zero-order valence-electron chi connectivity index (χ0n) is 7.87. The summed E-state index contributed by atoms with van der Waals surface area (Å²) < 4.78 is 0.602. The van der Waals surface area contributed by atoms with Crippen LogP contribution in [0, 0.1) is 13.8 Å². The van der Waals surface area contributed by atoms with E-state index >= 15 is 0 Å². The van der Waals surface area contributed by atoms with Gasteiger partial charge in [0.1, 0.15) is 11.3 Å². The average Bonchev–Trinajstić information content (AvgIpc) is 2.15. The third-order valence-corrected chi connectivity index (χ3v) is 2.95. The van der Waals surface area contributed by atoms with Crippen molar-refractivity contribution in [3.8, 4) is 5.75 Å². The highest BCUT2D eigenvalue weighted by Gasteiger charge is 2.07. The van der Waals surface area contributed by atoms with Crippen molar-refractivity contribution in [2.45, 2.75) is 13.8 Å². The first-order chi connectivity index (χ1) is 6.59. The molecule has 1 N–H and O–H groups in total. The smallest absolute Gasteiger partial charge is 0.132 e. The van der Waals surface area contributed by atoms with Crippen LogP contribution in [-0.2, 0) is 0 Å². The van der Waals surface area contributed by atoms with Crippen molar-refractivity contribution in [3.63, 3.8) is 0 Å². The number of hydrogen-bond donors (Lipinski definition) is 1. The van der Waals surface area contributed by atoms with Crippen molar-refractivity contribution < 1.29 is 5.11 Å². The van der Waals surface area contributed by atoms with E-state index in [4.69, 9.17) is 0 Å². The number of phenolic OH excluding ortho intramolecular Hbond substituents is 1. The molecule has 0 unspecified atom stereocenters. The molecule has 14 heavy (non-hydrogen) atoms. The van der Waals surface area contributed by atoms with Crippen LogP contribution in [0.15, 0.2) is 16.6 Å². The summed E-state index contributed by atoms with van der Waals surface area (Å²) in [5, 5.41) is 9.46. The fraction of sp³-hybridized carbons (Fsp3) is 0.200. The van der Waals surface area contributed by atoms with Gasteiger partial charge >= 0.3 is 0 Å². The van der Waals surface area contributed by atoms with Gasteiger partial charge in [-0.15, -0.1) is 0 Å². The second-order valence-corrected chi connectivity index (χ2v) is 3.95. The van der Waals surface area contributed by atoms with E-state index in [9.17, 15) is 5.11 Å². The third kappa shape index (κ3) is 1.35. The summed E-state index contributed by atoms with van der Waals surface area (Å²) in [6.07, 6.45) is 0. The Morgan fingerprint density at radius 3 is 2.50 bits per heavy atom. The summed E-state index contributed by atoms with van der Waals surface area (Å²) in [6, 6.07) is 3.37. The lowest BCUT2D eigenvalue weighted by atomic mass is 10.2. The van der Waals surface area contributed by atoms with Gasteiger partial charge < -0.3 is 5.11 Å². The zero-order chi connectivity index (χ0) is 10.3. The Hall–Kier alpha value is -1.16. The van der Waals surface area contributed by atoms with E-state index in [-0.39, 0.29) is 5.75 Å². The van der Waals surface area contributed by atoms with Crippen LogP contribution in [0.3, 0.4) is 0 Å². The molecule has 72 valence electrons. The fourth-order valence-corrected chi connectivity index (χ4v) is 1.67. The standard InChI is InChI=1S/C10H9BrN2O/c1-5-6(2)13-10-7(12-5)3-4-8(14)9(10)11/h3-4,14H,1-2H3. The molecule has 2 aromatic rings. The molecule has 1 heterocycles. The number of aromatic nitrogens is 2. The number of nitrogens with zero attached hydrogens (tertiary/aromatic N) is 2. The lowest BCUT2D eigenvalue weighted by Crippen LogP contribution is -1.93. The molecule has 0 bridgehead atoms. The van der Waals surface area contributed by atoms with E-state index in [0.717, 1.165) is 16.9 Å². The molecule has 3 nitrogen and oxygen atoms in total. The molecular weight excluding hydrogens is 244 g/mol.